The third-order valence-electron chi connectivity index (χ3n) is 4.08. The number of methoxy groups -OCH3 is 1. The van der Waals surface area contributed by atoms with Crippen molar-refractivity contribution in [3.05, 3.63) is 84.4 Å². The summed E-state index contributed by atoms with van der Waals surface area (Å²) in [6.45, 7) is 0.553. The Morgan fingerprint density at radius 1 is 0.929 bits per heavy atom. The molecule has 0 amide bonds. The van der Waals surface area contributed by atoms with Gasteiger partial charge in [-0.25, -0.2) is 8.42 Å². The predicted molar refractivity (Wildman–Crippen MR) is 114 cm³/mol. The number of benzene rings is 3. The van der Waals surface area contributed by atoms with Crippen LogP contribution in [0.3, 0.4) is 0 Å². The monoisotopic (exact) mass is 412 g/mol. The minimum absolute atomic E-state index is 0.160. The first-order chi connectivity index (χ1) is 13.5. The summed E-state index contributed by atoms with van der Waals surface area (Å²) < 4.78 is 31.1. The summed E-state index contributed by atoms with van der Waals surface area (Å²) in [5.74, 6) is 0.496. The summed E-state index contributed by atoms with van der Waals surface area (Å²) in [6, 6.07) is 22.8. The van der Waals surface area contributed by atoms with E-state index in [1.165, 1.54) is 19.2 Å². The van der Waals surface area contributed by atoms with Gasteiger partial charge in [0, 0.05) is 6.54 Å². The number of nitrogens with one attached hydrogen (secondary N) is 2. The van der Waals surface area contributed by atoms with Crippen molar-refractivity contribution in [2.75, 3.05) is 12.4 Å². The Balaban J connectivity index is 1.80. The smallest absolute Gasteiger partial charge is 0.206 e. The van der Waals surface area contributed by atoms with Gasteiger partial charge in [-0.3, -0.25) is 0 Å². The molecule has 3 rings (SSSR count). The van der Waals surface area contributed by atoms with Gasteiger partial charge in [-0.05, 0) is 48.1 Å². The van der Waals surface area contributed by atoms with Gasteiger partial charge in [-0.15, -0.1) is 0 Å². The van der Waals surface area contributed by atoms with Crippen molar-refractivity contribution in [1.29, 1.82) is 0 Å². The van der Waals surface area contributed by atoms with Crippen LogP contribution in [-0.4, -0.2) is 20.6 Å². The van der Waals surface area contributed by atoms with Gasteiger partial charge in [0.15, 0.2) is 5.11 Å². The second-order valence-corrected chi connectivity index (χ2v) is 8.33. The number of thiocarbonyl (C=S) groups is 1. The Hall–Kier alpha value is -2.90. The summed E-state index contributed by atoms with van der Waals surface area (Å²) in [4.78, 5) is 0.392. The van der Waals surface area contributed by atoms with Crippen molar-refractivity contribution in [2.24, 2.45) is 0 Å². The highest BCUT2D eigenvalue weighted by Gasteiger charge is 2.19. The highest BCUT2D eigenvalue weighted by Crippen LogP contribution is 2.30. The summed E-state index contributed by atoms with van der Waals surface area (Å²) in [5, 5.41) is 6.50. The van der Waals surface area contributed by atoms with E-state index in [1.807, 2.05) is 30.3 Å². The van der Waals surface area contributed by atoms with Gasteiger partial charge in [0.05, 0.1) is 22.6 Å². The third kappa shape index (κ3) is 4.68. The van der Waals surface area contributed by atoms with Crippen molar-refractivity contribution in [2.45, 2.75) is 16.3 Å². The number of hydrogen-bond donors (Lipinski definition) is 2. The van der Waals surface area contributed by atoms with Crippen molar-refractivity contribution in [1.82, 2.24) is 5.32 Å². The van der Waals surface area contributed by atoms with Gasteiger partial charge in [0.2, 0.25) is 9.84 Å². The zero-order chi connectivity index (χ0) is 20.0. The van der Waals surface area contributed by atoms with Crippen molar-refractivity contribution < 1.29 is 13.2 Å². The topological polar surface area (TPSA) is 67.4 Å². The van der Waals surface area contributed by atoms with Crippen LogP contribution in [0, 0.1) is 0 Å². The van der Waals surface area contributed by atoms with E-state index < -0.39 is 9.84 Å². The lowest BCUT2D eigenvalue weighted by Gasteiger charge is -2.15. The Kier molecular flexibility index (Phi) is 6.28. The zero-order valence-corrected chi connectivity index (χ0v) is 16.9. The lowest BCUT2D eigenvalue weighted by molar-refractivity contribution is 0.416. The lowest BCUT2D eigenvalue weighted by atomic mass is 10.2. The normalized spacial score (nSPS) is 10.9. The van der Waals surface area contributed by atoms with E-state index in [1.54, 1.807) is 36.4 Å². The van der Waals surface area contributed by atoms with Crippen LogP contribution < -0.4 is 15.4 Å². The molecule has 0 aliphatic rings. The molecule has 0 unspecified atom stereocenters. The zero-order valence-electron chi connectivity index (χ0n) is 15.3. The van der Waals surface area contributed by atoms with E-state index in [4.69, 9.17) is 17.0 Å². The fourth-order valence-electron chi connectivity index (χ4n) is 2.63. The van der Waals surface area contributed by atoms with Crippen LogP contribution in [0.2, 0.25) is 0 Å². The summed E-state index contributed by atoms with van der Waals surface area (Å²) in [7, 11) is -2.12. The van der Waals surface area contributed by atoms with Crippen molar-refractivity contribution in [3.63, 3.8) is 0 Å². The molecule has 0 atom stereocenters. The number of anilines is 1. The number of hydrogen-bond acceptors (Lipinski definition) is 4. The average Bonchev–Trinajstić information content (AvgIpc) is 2.73. The second-order valence-electron chi connectivity index (χ2n) is 5.97. The molecule has 2 N–H and O–H groups in total. The second kappa shape index (κ2) is 8.86. The maximum absolute atomic E-state index is 12.9. The van der Waals surface area contributed by atoms with Crippen LogP contribution >= 0.6 is 12.2 Å². The summed E-state index contributed by atoms with van der Waals surface area (Å²) in [5.41, 5.74) is 1.56. The standard InChI is InChI=1S/C21H20N2O3S2/c1-26-20-13-12-18(28(24,25)17-10-6-3-7-11-17)14-19(20)23-21(27)22-15-16-8-4-2-5-9-16/h2-14H,15H2,1H3,(H2,22,23,27). The van der Waals surface area contributed by atoms with Crippen molar-refractivity contribution in [3.8, 4) is 5.75 Å². The fourth-order valence-corrected chi connectivity index (χ4v) is 4.12. The molecule has 0 spiro atoms. The van der Waals surface area contributed by atoms with E-state index in [-0.39, 0.29) is 9.79 Å². The molecular formula is C21H20N2O3S2. The first-order valence-corrected chi connectivity index (χ1v) is 10.5. The largest absolute Gasteiger partial charge is 0.495 e. The Morgan fingerprint density at radius 3 is 2.21 bits per heavy atom. The number of rotatable bonds is 6. The van der Waals surface area contributed by atoms with Crippen LogP contribution in [0.25, 0.3) is 0 Å². The molecule has 0 radical (unpaired) electrons. The predicted octanol–water partition coefficient (Wildman–Crippen LogP) is 4.01. The van der Waals surface area contributed by atoms with Gasteiger partial charge < -0.3 is 15.4 Å². The minimum Gasteiger partial charge on any atom is -0.495 e. The van der Waals surface area contributed by atoms with E-state index in [9.17, 15) is 8.42 Å². The van der Waals surface area contributed by atoms with E-state index in [0.717, 1.165) is 5.56 Å². The minimum atomic E-state index is -3.64. The van der Waals surface area contributed by atoms with Gasteiger partial charge >= 0.3 is 0 Å². The number of sulfone groups is 1. The summed E-state index contributed by atoms with van der Waals surface area (Å²) in [6.07, 6.45) is 0. The molecule has 0 saturated carbocycles. The maximum Gasteiger partial charge on any atom is 0.206 e. The molecule has 0 fully saturated rings. The third-order valence-corrected chi connectivity index (χ3v) is 6.09. The van der Waals surface area contributed by atoms with Gasteiger partial charge in [0.1, 0.15) is 5.75 Å². The van der Waals surface area contributed by atoms with Gasteiger partial charge in [-0.2, -0.15) is 0 Å². The molecule has 28 heavy (non-hydrogen) atoms. The van der Waals surface area contributed by atoms with E-state index >= 15 is 0 Å². The Labute approximate surface area is 170 Å². The van der Waals surface area contributed by atoms with Crippen LogP contribution in [0.1, 0.15) is 5.56 Å². The van der Waals surface area contributed by atoms with Crippen LogP contribution in [0.5, 0.6) is 5.75 Å². The highest BCUT2D eigenvalue weighted by molar-refractivity contribution is 7.91. The van der Waals surface area contributed by atoms with Crippen LogP contribution in [0.4, 0.5) is 5.69 Å². The maximum atomic E-state index is 12.9. The molecule has 3 aromatic carbocycles. The highest BCUT2D eigenvalue weighted by atomic mass is 32.2. The molecule has 5 nitrogen and oxygen atoms in total. The molecular weight excluding hydrogens is 392 g/mol. The van der Waals surface area contributed by atoms with E-state index in [0.29, 0.717) is 23.1 Å². The Bertz CT molecular complexity index is 1050. The average molecular weight is 413 g/mol. The molecule has 0 bridgehead atoms. The molecule has 7 heteroatoms. The number of ether oxygens (including phenoxy) is 1. The van der Waals surface area contributed by atoms with Gasteiger partial charge in [0.25, 0.3) is 0 Å². The molecule has 0 aliphatic carbocycles. The van der Waals surface area contributed by atoms with Crippen LogP contribution in [-0.2, 0) is 16.4 Å². The van der Waals surface area contributed by atoms with Crippen molar-refractivity contribution >= 4 is 32.9 Å². The molecule has 0 aromatic heterocycles. The molecule has 0 aliphatic heterocycles. The Morgan fingerprint density at radius 2 is 1.57 bits per heavy atom. The fraction of sp³-hybridized carbons (Fsp3) is 0.0952. The lowest BCUT2D eigenvalue weighted by Crippen LogP contribution is -2.28. The SMILES string of the molecule is COc1ccc(S(=O)(=O)c2ccccc2)cc1NC(=S)NCc1ccccc1. The first kappa shape index (κ1) is 19.9. The van der Waals surface area contributed by atoms with Crippen LogP contribution in [0.15, 0.2) is 88.7 Å². The molecule has 144 valence electrons. The van der Waals surface area contributed by atoms with Gasteiger partial charge in [-0.1, -0.05) is 48.5 Å². The molecule has 3 aromatic rings. The summed E-state index contributed by atoms with van der Waals surface area (Å²) >= 11 is 5.35. The first-order valence-electron chi connectivity index (χ1n) is 8.57. The van der Waals surface area contributed by atoms with E-state index in [2.05, 4.69) is 10.6 Å². The molecule has 0 heterocycles. The quantitative estimate of drug-likeness (QED) is 0.596. The molecule has 0 saturated heterocycles.